The molecule has 1 aliphatic heterocycles. The van der Waals surface area contributed by atoms with Crippen LogP contribution in [-0.4, -0.2) is 24.9 Å². The standard InChI is InChI=1S/C14H20O3/c1-14(2,15)12-3-5-13(6-4-12)17-10-11-7-8-16-9-11/h3-6,11,15H,7-10H2,1-2H3. The van der Waals surface area contributed by atoms with Crippen LogP contribution in [0.5, 0.6) is 5.75 Å². The molecule has 1 atom stereocenters. The van der Waals surface area contributed by atoms with E-state index in [9.17, 15) is 5.11 Å². The highest BCUT2D eigenvalue weighted by atomic mass is 16.5. The van der Waals surface area contributed by atoms with Gasteiger partial charge in [0.05, 0.1) is 18.8 Å². The van der Waals surface area contributed by atoms with E-state index in [-0.39, 0.29) is 0 Å². The summed E-state index contributed by atoms with van der Waals surface area (Å²) in [6.07, 6.45) is 1.09. The molecule has 0 amide bonds. The van der Waals surface area contributed by atoms with Crippen molar-refractivity contribution < 1.29 is 14.6 Å². The average molecular weight is 236 g/mol. The molecule has 1 aliphatic rings. The Labute approximate surface area is 102 Å². The molecule has 1 saturated heterocycles. The monoisotopic (exact) mass is 236 g/mol. The highest BCUT2D eigenvalue weighted by molar-refractivity contribution is 5.30. The fourth-order valence-corrected chi connectivity index (χ4v) is 1.89. The van der Waals surface area contributed by atoms with E-state index in [4.69, 9.17) is 9.47 Å². The van der Waals surface area contributed by atoms with Crippen molar-refractivity contribution in [2.24, 2.45) is 5.92 Å². The maximum atomic E-state index is 9.83. The van der Waals surface area contributed by atoms with Crippen LogP contribution >= 0.6 is 0 Å². The molecule has 0 radical (unpaired) electrons. The summed E-state index contributed by atoms with van der Waals surface area (Å²) in [4.78, 5) is 0. The van der Waals surface area contributed by atoms with Gasteiger partial charge < -0.3 is 14.6 Å². The lowest BCUT2D eigenvalue weighted by atomic mass is 9.99. The van der Waals surface area contributed by atoms with E-state index in [2.05, 4.69) is 0 Å². The van der Waals surface area contributed by atoms with Gasteiger partial charge in [0.1, 0.15) is 5.75 Å². The second-order valence-corrected chi connectivity index (χ2v) is 5.12. The summed E-state index contributed by atoms with van der Waals surface area (Å²) in [7, 11) is 0. The Balaban J connectivity index is 1.89. The van der Waals surface area contributed by atoms with Crippen LogP contribution < -0.4 is 4.74 Å². The van der Waals surface area contributed by atoms with Gasteiger partial charge in [0.2, 0.25) is 0 Å². The van der Waals surface area contributed by atoms with Gasteiger partial charge in [0.25, 0.3) is 0 Å². The summed E-state index contributed by atoms with van der Waals surface area (Å²) in [5.41, 5.74) is 0.103. The number of ether oxygens (including phenoxy) is 2. The van der Waals surface area contributed by atoms with Crippen molar-refractivity contribution in [1.29, 1.82) is 0 Å². The van der Waals surface area contributed by atoms with Gasteiger partial charge in [-0.3, -0.25) is 0 Å². The summed E-state index contributed by atoms with van der Waals surface area (Å²) in [6, 6.07) is 7.62. The molecule has 1 aromatic rings. The first-order valence-electron chi connectivity index (χ1n) is 6.09. The van der Waals surface area contributed by atoms with Gasteiger partial charge in [-0.2, -0.15) is 0 Å². The Bertz CT molecular complexity index is 345. The van der Waals surface area contributed by atoms with Crippen LogP contribution in [0, 0.1) is 5.92 Å². The highest BCUT2D eigenvalue weighted by Gasteiger charge is 2.17. The Morgan fingerprint density at radius 2 is 2.06 bits per heavy atom. The minimum atomic E-state index is -0.794. The minimum absolute atomic E-state index is 0.518. The molecule has 2 rings (SSSR count). The van der Waals surface area contributed by atoms with Crippen LogP contribution in [0.4, 0.5) is 0 Å². The molecule has 1 unspecified atom stereocenters. The van der Waals surface area contributed by atoms with Crippen molar-refractivity contribution in [2.45, 2.75) is 25.9 Å². The molecule has 94 valence electrons. The van der Waals surface area contributed by atoms with Crippen molar-refractivity contribution in [3.8, 4) is 5.75 Å². The fraction of sp³-hybridized carbons (Fsp3) is 0.571. The first-order valence-corrected chi connectivity index (χ1v) is 6.09. The maximum absolute atomic E-state index is 9.83. The third-order valence-electron chi connectivity index (χ3n) is 3.07. The summed E-state index contributed by atoms with van der Waals surface area (Å²) >= 11 is 0. The molecule has 17 heavy (non-hydrogen) atoms. The lowest BCUT2D eigenvalue weighted by Gasteiger charge is -2.18. The number of rotatable bonds is 4. The topological polar surface area (TPSA) is 38.7 Å². The Hall–Kier alpha value is -1.06. The highest BCUT2D eigenvalue weighted by Crippen LogP contribution is 2.23. The Kier molecular flexibility index (Phi) is 3.69. The third kappa shape index (κ3) is 3.45. The molecular formula is C14H20O3. The van der Waals surface area contributed by atoms with Crippen molar-refractivity contribution in [3.63, 3.8) is 0 Å². The second kappa shape index (κ2) is 5.07. The summed E-state index contributed by atoms with van der Waals surface area (Å²) in [5, 5.41) is 9.83. The molecule has 0 saturated carbocycles. The zero-order chi connectivity index (χ0) is 12.3. The molecule has 1 fully saturated rings. The van der Waals surface area contributed by atoms with E-state index in [1.54, 1.807) is 13.8 Å². The number of hydrogen-bond donors (Lipinski definition) is 1. The van der Waals surface area contributed by atoms with Gasteiger partial charge in [-0.25, -0.2) is 0 Å². The second-order valence-electron chi connectivity index (χ2n) is 5.12. The van der Waals surface area contributed by atoms with Crippen LogP contribution in [-0.2, 0) is 10.3 Å². The maximum Gasteiger partial charge on any atom is 0.119 e. The summed E-state index contributed by atoms with van der Waals surface area (Å²) in [6.45, 7) is 5.92. The lowest BCUT2D eigenvalue weighted by Crippen LogP contribution is -2.15. The molecule has 1 N–H and O–H groups in total. The molecule has 3 heteroatoms. The molecule has 0 aromatic heterocycles. The number of aliphatic hydroxyl groups is 1. The fourth-order valence-electron chi connectivity index (χ4n) is 1.89. The van der Waals surface area contributed by atoms with Crippen LogP contribution in [0.2, 0.25) is 0 Å². The van der Waals surface area contributed by atoms with Crippen LogP contribution in [0.1, 0.15) is 25.8 Å². The van der Waals surface area contributed by atoms with Crippen molar-refractivity contribution in [2.75, 3.05) is 19.8 Å². The molecule has 0 aliphatic carbocycles. The van der Waals surface area contributed by atoms with Crippen LogP contribution in [0.3, 0.4) is 0 Å². The predicted octanol–water partition coefficient (Wildman–Crippen LogP) is 2.33. The largest absolute Gasteiger partial charge is 0.493 e. The zero-order valence-corrected chi connectivity index (χ0v) is 10.5. The van der Waals surface area contributed by atoms with E-state index in [1.807, 2.05) is 24.3 Å². The third-order valence-corrected chi connectivity index (χ3v) is 3.07. The van der Waals surface area contributed by atoms with E-state index in [1.165, 1.54) is 0 Å². The molecular weight excluding hydrogens is 216 g/mol. The molecule has 0 bridgehead atoms. The summed E-state index contributed by atoms with van der Waals surface area (Å²) in [5.74, 6) is 1.37. The smallest absolute Gasteiger partial charge is 0.119 e. The van der Waals surface area contributed by atoms with Crippen LogP contribution in [0.25, 0.3) is 0 Å². The van der Waals surface area contributed by atoms with Gasteiger partial charge in [0.15, 0.2) is 0 Å². The first-order chi connectivity index (χ1) is 8.05. The van der Waals surface area contributed by atoms with Crippen LogP contribution in [0.15, 0.2) is 24.3 Å². The van der Waals surface area contributed by atoms with Gasteiger partial charge >= 0.3 is 0 Å². The predicted molar refractivity (Wildman–Crippen MR) is 66.1 cm³/mol. The van der Waals surface area contributed by atoms with Crippen molar-refractivity contribution in [1.82, 2.24) is 0 Å². The van der Waals surface area contributed by atoms with Crippen molar-refractivity contribution in [3.05, 3.63) is 29.8 Å². The van der Waals surface area contributed by atoms with Gasteiger partial charge in [0, 0.05) is 12.5 Å². The van der Waals surface area contributed by atoms with Gasteiger partial charge in [-0.05, 0) is 38.0 Å². The van der Waals surface area contributed by atoms with E-state index in [0.717, 1.165) is 30.9 Å². The quantitative estimate of drug-likeness (QED) is 0.872. The minimum Gasteiger partial charge on any atom is -0.493 e. The number of hydrogen-bond acceptors (Lipinski definition) is 3. The van der Waals surface area contributed by atoms with Gasteiger partial charge in [-0.1, -0.05) is 12.1 Å². The molecule has 3 nitrogen and oxygen atoms in total. The number of benzene rings is 1. The van der Waals surface area contributed by atoms with E-state index in [0.29, 0.717) is 12.5 Å². The first kappa shape index (κ1) is 12.4. The SMILES string of the molecule is CC(C)(O)c1ccc(OCC2CCOC2)cc1. The van der Waals surface area contributed by atoms with Gasteiger partial charge in [-0.15, -0.1) is 0 Å². The Morgan fingerprint density at radius 1 is 1.35 bits per heavy atom. The normalized spacial score (nSPS) is 20.5. The average Bonchev–Trinajstić information content (AvgIpc) is 2.78. The summed E-state index contributed by atoms with van der Waals surface area (Å²) < 4.78 is 11.0. The van der Waals surface area contributed by atoms with E-state index < -0.39 is 5.60 Å². The molecule has 0 spiro atoms. The lowest BCUT2D eigenvalue weighted by molar-refractivity contribution is 0.0785. The zero-order valence-electron chi connectivity index (χ0n) is 10.5. The van der Waals surface area contributed by atoms with E-state index >= 15 is 0 Å². The molecule has 1 heterocycles. The Morgan fingerprint density at radius 3 is 2.59 bits per heavy atom. The van der Waals surface area contributed by atoms with Crippen molar-refractivity contribution >= 4 is 0 Å². The molecule has 1 aromatic carbocycles.